The van der Waals surface area contributed by atoms with Crippen LogP contribution in [0.25, 0.3) is 0 Å². The number of ether oxygens (including phenoxy) is 1. The van der Waals surface area contributed by atoms with Crippen LogP contribution in [-0.4, -0.2) is 59.6 Å². The number of hydrogen-bond acceptors (Lipinski definition) is 6. The summed E-state index contributed by atoms with van der Waals surface area (Å²) in [6.45, 7) is 4.57. The highest BCUT2D eigenvalue weighted by atomic mass is 16.6. The first kappa shape index (κ1) is 17.8. The Kier molecular flexibility index (Phi) is 5.73. The predicted molar refractivity (Wildman–Crippen MR) is 94.8 cm³/mol. The van der Waals surface area contributed by atoms with Gasteiger partial charge in [0.05, 0.1) is 25.0 Å². The van der Waals surface area contributed by atoms with E-state index >= 15 is 0 Å². The van der Waals surface area contributed by atoms with Crippen LogP contribution in [0.4, 0.5) is 10.6 Å². The lowest BCUT2D eigenvalue weighted by atomic mass is 10.2. The van der Waals surface area contributed by atoms with Crippen LogP contribution in [0, 0.1) is 0 Å². The van der Waals surface area contributed by atoms with E-state index in [0.29, 0.717) is 50.7 Å². The molecule has 8 heteroatoms. The van der Waals surface area contributed by atoms with E-state index in [2.05, 4.69) is 10.3 Å². The SMILES string of the molecule is CCOC(=O)N1CCN(C(=O)c2ccc(NCc3ccco3)nc2)CC1. The van der Waals surface area contributed by atoms with Gasteiger partial charge < -0.3 is 24.3 Å². The Labute approximate surface area is 151 Å². The lowest BCUT2D eigenvalue weighted by Crippen LogP contribution is -2.50. The first-order chi connectivity index (χ1) is 12.7. The second kappa shape index (κ2) is 8.37. The fraction of sp³-hybridized carbons (Fsp3) is 0.389. The second-order valence-electron chi connectivity index (χ2n) is 5.84. The minimum absolute atomic E-state index is 0.0846. The number of carbonyl (C=O) groups excluding carboxylic acids is 2. The van der Waals surface area contributed by atoms with Crippen LogP contribution in [-0.2, 0) is 11.3 Å². The molecule has 0 spiro atoms. The fourth-order valence-corrected chi connectivity index (χ4v) is 2.71. The fourth-order valence-electron chi connectivity index (χ4n) is 2.71. The van der Waals surface area contributed by atoms with Gasteiger partial charge in [-0.2, -0.15) is 0 Å². The van der Waals surface area contributed by atoms with Crippen molar-refractivity contribution in [2.75, 3.05) is 38.1 Å². The third kappa shape index (κ3) is 4.33. The maximum Gasteiger partial charge on any atom is 0.409 e. The lowest BCUT2D eigenvalue weighted by molar-refractivity contribution is 0.0570. The van der Waals surface area contributed by atoms with Crippen LogP contribution in [0.1, 0.15) is 23.0 Å². The molecule has 2 aromatic heterocycles. The number of anilines is 1. The number of nitrogens with one attached hydrogen (secondary N) is 1. The van der Waals surface area contributed by atoms with Crippen molar-refractivity contribution >= 4 is 17.8 Å². The van der Waals surface area contributed by atoms with E-state index in [4.69, 9.17) is 9.15 Å². The number of furan rings is 1. The third-order valence-corrected chi connectivity index (χ3v) is 4.13. The van der Waals surface area contributed by atoms with Gasteiger partial charge in [0.25, 0.3) is 5.91 Å². The number of amides is 2. The van der Waals surface area contributed by atoms with Gasteiger partial charge in [0, 0.05) is 32.4 Å². The predicted octanol–water partition coefficient (Wildman–Crippen LogP) is 2.20. The molecule has 2 aromatic rings. The molecule has 0 unspecified atom stereocenters. The first-order valence-electron chi connectivity index (χ1n) is 8.60. The standard InChI is InChI=1S/C18H22N4O4/c1-2-25-18(24)22-9-7-21(8-10-22)17(23)14-5-6-16(19-12-14)20-13-15-4-3-11-26-15/h3-6,11-12H,2,7-10,13H2,1H3,(H,19,20). The molecule has 1 N–H and O–H groups in total. The summed E-state index contributed by atoms with van der Waals surface area (Å²) in [4.78, 5) is 31.9. The molecule has 1 aliphatic rings. The molecule has 0 aromatic carbocycles. The normalized spacial score (nSPS) is 14.2. The minimum Gasteiger partial charge on any atom is -0.467 e. The smallest absolute Gasteiger partial charge is 0.409 e. The zero-order chi connectivity index (χ0) is 18.4. The van der Waals surface area contributed by atoms with Crippen molar-refractivity contribution in [1.82, 2.24) is 14.8 Å². The number of aromatic nitrogens is 1. The Morgan fingerprint density at radius 2 is 1.96 bits per heavy atom. The first-order valence-corrected chi connectivity index (χ1v) is 8.60. The zero-order valence-corrected chi connectivity index (χ0v) is 14.7. The van der Waals surface area contributed by atoms with Crippen LogP contribution in [0.5, 0.6) is 0 Å². The van der Waals surface area contributed by atoms with E-state index < -0.39 is 0 Å². The van der Waals surface area contributed by atoms with Gasteiger partial charge in [-0.25, -0.2) is 9.78 Å². The third-order valence-electron chi connectivity index (χ3n) is 4.13. The van der Waals surface area contributed by atoms with E-state index in [0.717, 1.165) is 5.76 Å². The summed E-state index contributed by atoms with van der Waals surface area (Å²) in [5.41, 5.74) is 0.526. The number of hydrogen-bond donors (Lipinski definition) is 1. The largest absolute Gasteiger partial charge is 0.467 e. The maximum atomic E-state index is 12.6. The van der Waals surface area contributed by atoms with Gasteiger partial charge >= 0.3 is 6.09 Å². The van der Waals surface area contributed by atoms with E-state index in [1.165, 1.54) is 0 Å². The topological polar surface area (TPSA) is 87.9 Å². The quantitative estimate of drug-likeness (QED) is 0.882. The van der Waals surface area contributed by atoms with Crippen LogP contribution < -0.4 is 5.32 Å². The maximum absolute atomic E-state index is 12.6. The van der Waals surface area contributed by atoms with Crippen molar-refractivity contribution in [3.8, 4) is 0 Å². The zero-order valence-electron chi connectivity index (χ0n) is 14.7. The van der Waals surface area contributed by atoms with Crippen molar-refractivity contribution in [2.24, 2.45) is 0 Å². The average molecular weight is 358 g/mol. The summed E-state index contributed by atoms with van der Waals surface area (Å²) >= 11 is 0. The van der Waals surface area contributed by atoms with Gasteiger partial charge in [0.15, 0.2) is 0 Å². The van der Waals surface area contributed by atoms with E-state index in [9.17, 15) is 9.59 Å². The van der Waals surface area contributed by atoms with Gasteiger partial charge in [-0.15, -0.1) is 0 Å². The Bertz CT molecular complexity index is 722. The summed E-state index contributed by atoms with van der Waals surface area (Å²) in [5.74, 6) is 1.40. The molecule has 2 amide bonds. The molecule has 0 aliphatic carbocycles. The van der Waals surface area contributed by atoms with Crippen molar-refractivity contribution in [3.63, 3.8) is 0 Å². The Hall–Kier alpha value is -3.03. The number of nitrogens with zero attached hydrogens (tertiary/aromatic N) is 3. The highest BCUT2D eigenvalue weighted by molar-refractivity contribution is 5.94. The molecule has 0 atom stereocenters. The van der Waals surface area contributed by atoms with E-state index in [1.54, 1.807) is 41.3 Å². The van der Waals surface area contributed by atoms with Crippen LogP contribution in [0.2, 0.25) is 0 Å². The highest BCUT2D eigenvalue weighted by Gasteiger charge is 2.25. The van der Waals surface area contributed by atoms with Gasteiger partial charge in [-0.1, -0.05) is 0 Å². The minimum atomic E-state index is -0.326. The molecule has 8 nitrogen and oxygen atoms in total. The second-order valence-corrected chi connectivity index (χ2v) is 5.84. The number of carbonyl (C=O) groups is 2. The molecule has 26 heavy (non-hydrogen) atoms. The van der Waals surface area contributed by atoms with Crippen molar-refractivity contribution in [1.29, 1.82) is 0 Å². The van der Waals surface area contributed by atoms with Crippen molar-refractivity contribution < 1.29 is 18.7 Å². The van der Waals surface area contributed by atoms with Gasteiger partial charge in [-0.05, 0) is 31.2 Å². The van der Waals surface area contributed by atoms with Crippen molar-refractivity contribution in [3.05, 3.63) is 48.0 Å². The molecular weight excluding hydrogens is 336 g/mol. The molecule has 1 saturated heterocycles. The molecule has 1 aliphatic heterocycles. The highest BCUT2D eigenvalue weighted by Crippen LogP contribution is 2.12. The van der Waals surface area contributed by atoms with E-state index in [-0.39, 0.29) is 12.0 Å². The summed E-state index contributed by atoms with van der Waals surface area (Å²) in [6.07, 6.45) is 2.85. The Morgan fingerprint density at radius 1 is 1.19 bits per heavy atom. The monoisotopic (exact) mass is 358 g/mol. The Morgan fingerprint density at radius 3 is 2.58 bits per heavy atom. The summed E-state index contributed by atoms with van der Waals surface area (Å²) in [7, 11) is 0. The van der Waals surface area contributed by atoms with Gasteiger partial charge in [0.2, 0.25) is 0 Å². The average Bonchev–Trinajstić information content (AvgIpc) is 3.20. The molecule has 3 heterocycles. The van der Waals surface area contributed by atoms with E-state index in [1.807, 2.05) is 12.1 Å². The van der Waals surface area contributed by atoms with Gasteiger partial charge in [0.1, 0.15) is 11.6 Å². The summed E-state index contributed by atoms with van der Waals surface area (Å²) in [6, 6.07) is 7.22. The number of pyridine rings is 1. The molecule has 0 bridgehead atoms. The molecular formula is C18H22N4O4. The van der Waals surface area contributed by atoms with Gasteiger partial charge in [-0.3, -0.25) is 4.79 Å². The van der Waals surface area contributed by atoms with Crippen LogP contribution in [0.15, 0.2) is 41.1 Å². The molecule has 0 radical (unpaired) electrons. The molecule has 3 rings (SSSR count). The Balaban J connectivity index is 1.51. The van der Waals surface area contributed by atoms with Crippen LogP contribution in [0.3, 0.4) is 0 Å². The molecule has 1 fully saturated rings. The lowest BCUT2D eigenvalue weighted by Gasteiger charge is -2.34. The van der Waals surface area contributed by atoms with Crippen molar-refractivity contribution in [2.45, 2.75) is 13.5 Å². The number of rotatable bonds is 5. The van der Waals surface area contributed by atoms with Crippen LogP contribution >= 0.6 is 0 Å². The summed E-state index contributed by atoms with van der Waals surface area (Å²) in [5, 5.41) is 3.14. The molecule has 138 valence electrons. The molecule has 0 saturated carbocycles. The number of piperazine rings is 1. The summed E-state index contributed by atoms with van der Waals surface area (Å²) < 4.78 is 10.2.